The molecule has 194 valence electrons. The molecule has 3 rings (SSSR count). The van der Waals surface area contributed by atoms with Gasteiger partial charge in [-0.2, -0.15) is 0 Å². The van der Waals surface area contributed by atoms with Crippen LogP contribution in [0.1, 0.15) is 0 Å². The van der Waals surface area contributed by atoms with E-state index in [1.807, 2.05) is 0 Å². The van der Waals surface area contributed by atoms with Crippen molar-refractivity contribution in [2.24, 2.45) is 0 Å². The minimum absolute atomic E-state index is 0.296. The van der Waals surface area contributed by atoms with Crippen LogP contribution in [-0.2, 0) is 23.7 Å². The second-order valence-corrected chi connectivity index (χ2v) is 8.25. The van der Waals surface area contributed by atoms with Gasteiger partial charge in [0, 0.05) is 0 Å². The molecule has 0 amide bonds. The van der Waals surface area contributed by atoms with E-state index in [-0.39, 0.29) is 6.61 Å². The van der Waals surface area contributed by atoms with Crippen molar-refractivity contribution in [1.82, 2.24) is 0 Å². The van der Waals surface area contributed by atoms with Crippen molar-refractivity contribution < 1.29 is 74.7 Å². The van der Waals surface area contributed by atoms with Crippen molar-refractivity contribution in [3.8, 4) is 0 Å². The first-order valence-electron chi connectivity index (χ1n) is 10.5. The Bertz CT molecular complexity index is 609. The zero-order chi connectivity index (χ0) is 24.4. The van der Waals surface area contributed by atoms with Crippen LogP contribution < -0.4 is 0 Å². The fraction of sp³-hybridized carbons (Fsp3) is 1.00. The number of aliphatic hydroxyl groups excluding tert-OH is 10. The molecule has 3 saturated heterocycles. The number of hydrogen-bond acceptors (Lipinski definition) is 15. The molecule has 15 nitrogen and oxygen atoms in total. The van der Waals surface area contributed by atoms with Crippen LogP contribution in [-0.4, -0.2) is 163 Å². The molecule has 0 aliphatic carbocycles. The molecule has 14 unspecified atom stereocenters. The van der Waals surface area contributed by atoms with E-state index >= 15 is 0 Å². The highest BCUT2D eigenvalue weighted by Gasteiger charge is 2.51. The standard InChI is InChI=1S/C18H32O15/c19-1-6-10(23)12(25)13(26)18(32-6)33-15-7(2-20)31-17(28)14(27)16(15)30-4-8-11(24)9(22)5(21)3-29-8/h5-28H,1-4H2. The molecule has 3 aliphatic heterocycles. The molecule has 0 bridgehead atoms. The summed E-state index contributed by atoms with van der Waals surface area (Å²) in [5, 5.41) is 99.0. The highest BCUT2D eigenvalue weighted by molar-refractivity contribution is 4.95. The first-order valence-corrected chi connectivity index (χ1v) is 10.5. The Labute approximate surface area is 187 Å². The molecule has 0 aromatic heterocycles. The number of hydrogen-bond donors (Lipinski definition) is 10. The Kier molecular flexibility index (Phi) is 9.35. The third-order valence-corrected chi connectivity index (χ3v) is 6.01. The quantitative estimate of drug-likeness (QED) is 0.160. The summed E-state index contributed by atoms with van der Waals surface area (Å²) in [5.41, 5.74) is 0. The van der Waals surface area contributed by atoms with Gasteiger partial charge in [0.1, 0.15) is 73.2 Å². The summed E-state index contributed by atoms with van der Waals surface area (Å²) >= 11 is 0. The van der Waals surface area contributed by atoms with E-state index in [0.717, 1.165) is 0 Å². The summed E-state index contributed by atoms with van der Waals surface area (Å²) in [6.45, 7) is -2.21. The Morgan fingerprint density at radius 1 is 0.636 bits per heavy atom. The predicted octanol–water partition coefficient (Wildman–Crippen LogP) is -6.89. The summed E-state index contributed by atoms with van der Waals surface area (Å²) in [5.74, 6) is 0. The van der Waals surface area contributed by atoms with Gasteiger partial charge in [-0.05, 0) is 0 Å². The third-order valence-electron chi connectivity index (χ3n) is 6.01. The molecule has 0 saturated carbocycles. The SMILES string of the molecule is OCC1OC(OC2C(CO)OC(O)C(O)C2OCC2OCC(O)C(O)C2O)C(O)C(O)C1O. The Hall–Kier alpha value is -0.600. The van der Waals surface area contributed by atoms with E-state index in [9.17, 15) is 51.1 Å². The average Bonchev–Trinajstić information content (AvgIpc) is 2.80. The Balaban J connectivity index is 1.74. The maximum atomic E-state index is 10.4. The van der Waals surface area contributed by atoms with E-state index in [2.05, 4.69) is 0 Å². The molecule has 3 fully saturated rings. The lowest BCUT2D eigenvalue weighted by molar-refractivity contribution is -0.360. The minimum atomic E-state index is -1.81. The lowest BCUT2D eigenvalue weighted by Gasteiger charge is -2.46. The number of ether oxygens (including phenoxy) is 5. The molecule has 3 aliphatic rings. The third kappa shape index (κ3) is 5.64. The van der Waals surface area contributed by atoms with E-state index < -0.39 is 106 Å². The molecular formula is C18H32O15. The van der Waals surface area contributed by atoms with Gasteiger partial charge in [0.2, 0.25) is 0 Å². The summed E-state index contributed by atoms with van der Waals surface area (Å²) in [6, 6.07) is 0. The van der Waals surface area contributed by atoms with E-state index in [1.54, 1.807) is 0 Å². The van der Waals surface area contributed by atoms with Crippen molar-refractivity contribution in [3.63, 3.8) is 0 Å². The van der Waals surface area contributed by atoms with Crippen LogP contribution in [0.2, 0.25) is 0 Å². The Morgan fingerprint density at radius 2 is 1.27 bits per heavy atom. The molecule has 0 radical (unpaired) electrons. The second-order valence-electron chi connectivity index (χ2n) is 8.25. The Morgan fingerprint density at radius 3 is 1.91 bits per heavy atom. The van der Waals surface area contributed by atoms with Gasteiger partial charge in [-0.15, -0.1) is 0 Å². The highest BCUT2D eigenvalue weighted by atomic mass is 16.7. The van der Waals surface area contributed by atoms with Gasteiger partial charge in [0.05, 0.1) is 26.4 Å². The van der Waals surface area contributed by atoms with Crippen LogP contribution in [0.3, 0.4) is 0 Å². The predicted molar refractivity (Wildman–Crippen MR) is 100 cm³/mol. The summed E-state index contributed by atoms with van der Waals surface area (Å²) in [7, 11) is 0. The van der Waals surface area contributed by atoms with Crippen LogP contribution >= 0.6 is 0 Å². The highest BCUT2D eigenvalue weighted by Crippen LogP contribution is 2.30. The van der Waals surface area contributed by atoms with Crippen molar-refractivity contribution >= 4 is 0 Å². The van der Waals surface area contributed by atoms with Crippen molar-refractivity contribution in [1.29, 1.82) is 0 Å². The smallest absolute Gasteiger partial charge is 0.187 e. The van der Waals surface area contributed by atoms with E-state index in [1.165, 1.54) is 0 Å². The molecule has 33 heavy (non-hydrogen) atoms. The number of rotatable bonds is 7. The lowest BCUT2D eigenvalue weighted by Crippen LogP contribution is -2.65. The minimum Gasteiger partial charge on any atom is -0.394 e. The van der Waals surface area contributed by atoms with E-state index in [4.69, 9.17) is 23.7 Å². The average molecular weight is 488 g/mol. The lowest BCUT2D eigenvalue weighted by atomic mass is 9.96. The van der Waals surface area contributed by atoms with Crippen LogP contribution in [0.25, 0.3) is 0 Å². The first-order chi connectivity index (χ1) is 15.6. The summed E-state index contributed by atoms with van der Waals surface area (Å²) in [4.78, 5) is 0. The van der Waals surface area contributed by atoms with Gasteiger partial charge in [-0.3, -0.25) is 0 Å². The normalized spacial score (nSPS) is 51.5. The fourth-order valence-electron chi connectivity index (χ4n) is 3.96. The molecular weight excluding hydrogens is 456 g/mol. The molecule has 0 spiro atoms. The maximum Gasteiger partial charge on any atom is 0.187 e. The topological polar surface area (TPSA) is 248 Å². The molecule has 10 N–H and O–H groups in total. The van der Waals surface area contributed by atoms with Crippen molar-refractivity contribution in [2.75, 3.05) is 26.4 Å². The largest absolute Gasteiger partial charge is 0.394 e. The molecule has 0 aromatic rings. The van der Waals surface area contributed by atoms with Gasteiger partial charge < -0.3 is 74.7 Å². The molecule has 15 heteroatoms. The van der Waals surface area contributed by atoms with E-state index in [0.29, 0.717) is 0 Å². The zero-order valence-corrected chi connectivity index (χ0v) is 17.4. The fourth-order valence-corrected chi connectivity index (χ4v) is 3.96. The van der Waals surface area contributed by atoms with Gasteiger partial charge in [-0.25, -0.2) is 0 Å². The van der Waals surface area contributed by atoms with Crippen molar-refractivity contribution in [3.05, 3.63) is 0 Å². The monoisotopic (exact) mass is 488 g/mol. The summed E-state index contributed by atoms with van der Waals surface area (Å²) in [6.07, 6.45) is -21.4. The second kappa shape index (κ2) is 11.4. The summed E-state index contributed by atoms with van der Waals surface area (Å²) < 4.78 is 26.8. The van der Waals surface area contributed by atoms with Gasteiger partial charge in [-0.1, -0.05) is 0 Å². The molecule has 0 aromatic carbocycles. The molecule has 14 atom stereocenters. The molecule has 3 heterocycles. The van der Waals surface area contributed by atoms with Crippen LogP contribution in [0, 0.1) is 0 Å². The van der Waals surface area contributed by atoms with Gasteiger partial charge >= 0.3 is 0 Å². The van der Waals surface area contributed by atoms with Crippen molar-refractivity contribution in [2.45, 2.75) is 85.8 Å². The first kappa shape index (κ1) is 27.0. The van der Waals surface area contributed by atoms with Gasteiger partial charge in [0.25, 0.3) is 0 Å². The maximum absolute atomic E-state index is 10.4. The van der Waals surface area contributed by atoms with Gasteiger partial charge in [0.15, 0.2) is 12.6 Å². The van der Waals surface area contributed by atoms with Crippen LogP contribution in [0.5, 0.6) is 0 Å². The number of aliphatic hydroxyl groups is 10. The van der Waals surface area contributed by atoms with Crippen LogP contribution in [0.4, 0.5) is 0 Å². The zero-order valence-electron chi connectivity index (χ0n) is 17.4. The van der Waals surface area contributed by atoms with Crippen LogP contribution in [0.15, 0.2) is 0 Å².